The van der Waals surface area contributed by atoms with Crippen LogP contribution in [0.3, 0.4) is 0 Å². The van der Waals surface area contributed by atoms with Crippen molar-refractivity contribution in [2.75, 3.05) is 5.32 Å². The smallest absolute Gasteiger partial charge is 0.224 e. The van der Waals surface area contributed by atoms with Crippen LogP contribution in [0.2, 0.25) is 0 Å². The maximum Gasteiger partial charge on any atom is 0.224 e. The number of rotatable bonds is 3. The minimum absolute atomic E-state index is 0.112. The second kappa shape index (κ2) is 4.32. The summed E-state index contributed by atoms with van der Waals surface area (Å²) in [6.45, 7) is 2.22. The van der Waals surface area contributed by atoms with E-state index in [1.807, 2.05) is 14.0 Å². The van der Waals surface area contributed by atoms with Crippen LogP contribution in [0.25, 0.3) is 0 Å². The standard InChI is InChI=1S/C11H14N4O2/c1-7-13-14-11(15(7)2)12-6-8-4-3-5-9(16)10(8)17/h3-5,16-17H,6H2,1-2H3,(H,12,14). The predicted octanol–water partition coefficient (Wildman–Crippen LogP) is 1.15. The van der Waals surface area contributed by atoms with Crippen LogP contribution in [0.15, 0.2) is 18.2 Å². The van der Waals surface area contributed by atoms with Crippen molar-refractivity contribution in [3.63, 3.8) is 0 Å². The van der Waals surface area contributed by atoms with Crippen LogP contribution in [0, 0.1) is 6.92 Å². The van der Waals surface area contributed by atoms with Crippen molar-refractivity contribution in [3.8, 4) is 11.5 Å². The molecule has 0 aliphatic carbocycles. The van der Waals surface area contributed by atoms with Gasteiger partial charge < -0.3 is 20.1 Å². The summed E-state index contributed by atoms with van der Waals surface area (Å²) in [4.78, 5) is 0. The van der Waals surface area contributed by atoms with Crippen molar-refractivity contribution < 1.29 is 10.2 Å². The van der Waals surface area contributed by atoms with Crippen molar-refractivity contribution in [1.29, 1.82) is 0 Å². The molecule has 17 heavy (non-hydrogen) atoms. The van der Waals surface area contributed by atoms with Crippen LogP contribution in [-0.4, -0.2) is 25.0 Å². The summed E-state index contributed by atoms with van der Waals surface area (Å²) in [6, 6.07) is 4.84. The van der Waals surface area contributed by atoms with Gasteiger partial charge in [-0.1, -0.05) is 12.1 Å². The second-order valence-electron chi connectivity index (χ2n) is 3.77. The number of benzene rings is 1. The topological polar surface area (TPSA) is 83.2 Å². The Kier molecular flexibility index (Phi) is 2.86. The number of para-hydroxylation sites is 1. The van der Waals surface area contributed by atoms with E-state index in [-0.39, 0.29) is 11.5 Å². The van der Waals surface area contributed by atoms with Gasteiger partial charge in [-0.05, 0) is 13.0 Å². The molecule has 0 unspecified atom stereocenters. The van der Waals surface area contributed by atoms with Gasteiger partial charge in [0, 0.05) is 19.2 Å². The molecular weight excluding hydrogens is 220 g/mol. The summed E-state index contributed by atoms with van der Waals surface area (Å²) >= 11 is 0. The summed E-state index contributed by atoms with van der Waals surface area (Å²) in [5.74, 6) is 1.18. The Hall–Kier alpha value is -2.24. The molecule has 0 aliphatic heterocycles. The molecule has 0 bridgehead atoms. The van der Waals surface area contributed by atoms with Crippen LogP contribution in [0.1, 0.15) is 11.4 Å². The number of aromatic nitrogens is 3. The number of phenols is 2. The minimum Gasteiger partial charge on any atom is -0.504 e. The molecule has 2 aromatic rings. The summed E-state index contributed by atoms with van der Waals surface area (Å²) in [6.07, 6.45) is 0. The third-order valence-electron chi connectivity index (χ3n) is 2.63. The van der Waals surface area contributed by atoms with Crippen LogP contribution < -0.4 is 5.32 Å². The lowest BCUT2D eigenvalue weighted by Gasteiger charge is -2.08. The lowest BCUT2D eigenvalue weighted by molar-refractivity contribution is 0.400. The molecule has 3 N–H and O–H groups in total. The fraction of sp³-hybridized carbons (Fsp3) is 0.273. The van der Waals surface area contributed by atoms with Crippen molar-refractivity contribution in [3.05, 3.63) is 29.6 Å². The molecule has 0 saturated carbocycles. The predicted molar refractivity (Wildman–Crippen MR) is 62.8 cm³/mol. The van der Waals surface area contributed by atoms with Gasteiger partial charge in [0.25, 0.3) is 0 Å². The highest BCUT2D eigenvalue weighted by molar-refractivity contribution is 5.45. The maximum atomic E-state index is 9.62. The van der Waals surface area contributed by atoms with E-state index in [9.17, 15) is 10.2 Å². The average molecular weight is 234 g/mol. The summed E-state index contributed by atoms with van der Waals surface area (Å²) in [5, 5.41) is 29.8. The average Bonchev–Trinajstić information content (AvgIpc) is 2.62. The van der Waals surface area contributed by atoms with E-state index in [1.165, 1.54) is 6.07 Å². The molecule has 0 atom stereocenters. The Morgan fingerprint density at radius 1 is 1.29 bits per heavy atom. The van der Waals surface area contributed by atoms with Gasteiger partial charge in [-0.3, -0.25) is 0 Å². The fourth-order valence-electron chi connectivity index (χ4n) is 1.46. The molecular formula is C11H14N4O2. The quantitative estimate of drug-likeness (QED) is 0.694. The van der Waals surface area contributed by atoms with Crippen LogP contribution >= 0.6 is 0 Å². The Labute approximate surface area is 98.5 Å². The van der Waals surface area contributed by atoms with E-state index in [2.05, 4.69) is 15.5 Å². The van der Waals surface area contributed by atoms with E-state index < -0.39 is 0 Å². The first-order chi connectivity index (χ1) is 8.09. The number of hydrogen-bond acceptors (Lipinski definition) is 5. The molecule has 90 valence electrons. The summed E-state index contributed by atoms with van der Waals surface area (Å²) in [5.41, 5.74) is 0.602. The van der Waals surface area contributed by atoms with Crippen molar-refractivity contribution in [2.24, 2.45) is 7.05 Å². The monoisotopic (exact) mass is 234 g/mol. The van der Waals surface area contributed by atoms with Gasteiger partial charge in [-0.25, -0.2) is 0 Å². The van der Waals surface area contributed by atoms with Crippen LogP contribution in [0.4, 0.5) is 5.95 Å². The normalized spacial score (nSPS) is 10.5. The first kappa shape index (κ1) is 11.3. The Balaban J connectivity index is 2.13. The number of aryl methyl sites for hydroxylation is 1. The van der Waals surface area contributed by atoms with E-state index in [0.29, 0.717) is 18.1 Å². The number of nitrogens with zero attached hydrogens (tertiary/aromatic N) is 3. The van der Waals surface area contributed by atoms with Crippen molar-refractivity contribution in [1.82, 2.24) is 14.8 Å². The zero-order valence-corrected chi connectivity index (χ0v) is 9.68. The van der Waals surface area contributed by atoms with Gasteiger partial charge in [0.2, 0.25) is 5.95 Å². The van der Waals surface area contributed by atoms with Crippen molar-refractivity contribution in [2.45, 2.75) is 13.5 Å². The lowest BCUT2D eigenvalue weighted by Crippen LogP contribution is -2.05. The van der Waals surface area contributed by atoms with E-state index >= 15 is 0 Å². The van der Waals surface area contributed by atoms with Gasteiger partial charge in [0.15, 0.2) is 11.5 Å². The molecule has 6 heteroatoms. The summed E-state index contributed by atoms with van der Waals surface area (Å²) in [7, 11) is 1.85. The van der Waals surface area contributed by atoms with E-state index in [0.717, 1.165) is 5.82 Å². The van der Waals surface area contributed by atoms with Gasteiger partial charge in [-0.15, -0.1) is 10.2 Å². The molecule has 0 radical (unpaired) electrons. The molecule has 0 fully saturated rings. The maximum absolute atomic E-state index is 9.62. The Bertz CT molecular complexity index is 536. The number of nitrogens with one attached hydrogen (secondary N) is 1. The van der Waals surface area contributed by atoms with Crippen molar-refractivity contribution >= 4 is 5.95 Å². The molecule has 0 saturated heterocycles. The number of phenolic OH excluding ortho intramolecular Hbond substituents is 2. The number of hydrogen-bond donors (Lipinski definition) is 3. The van der Waals surface area contributed by atoms with Gasteiger partial charge >= 0.3 is 0 Å². The van der Waals surface area contributed by atoms with Crippen LogP contribution in [0.5, 0.6) is 11.5 Å². The molecule has 2 rings (SSSR count). The highest BCUT2D eigenvalue weighted by Gasteiger charge is 2.08. The Morgan fingerprint density at radius 3 is 2.71 bits per heavy atom. The first-order valence-electron chi connectivity index (χ1n) is 5.19. The highest BCUT2D eigenvalue weighted by Crippen LogP contribution is 2.28. The first-order valence-corrected chi connectivity index (χ1v) is 5.19. The molecule has 1 heterocycles. The molecule has 1 aromatic carbocycles. The largest absolute Gasteiger partial charge is 0.504 e. The molecule has 1 aromatic heterocycles. The third kappa shape index (κ3) is 2.15. The molecule has 0 aliphatic rings. The zero-order valence-electron chi connectivity index (χ0n) is 9.68. The second-order valence-corrected chi connectivity index (χ2v) is 3.77. The molecule has 6 nitrogen and oxygen atoms in total. The van der Waals surface area contributed by atoms with Gasteiger partial charge in [-0.2, -0.15) is 0 Å². The summed E-state index contributed by atoms with van der Waals surface area (Å²) < 4.78 is 1.81. The zero-order chi connectivity index (χ0) is 12.4. The number of anilines is 1. The van der Waals surface area contributed by atoms with Gasteiger partial charge in [0.05, 0.1) is 0 Å². The third-order valence-corrected chi connectivity index (χ3v) is 2.63. The highest BCUT2D eigenvalue weighted by atomic mass is 16.3. The van der Waals surface area contributed by atoms with Gasteiger partial charge in [0.1, 0.15) is 5.82 Å². The SMILES string of the molecule is Cc1nnc(NCc2cccc(O)c2O)n1C. The van der Waals surface area contributed by atoms with E-state index in [4.69, 9.17) is 0 Å². The lowest BCUT2D eigenvalue weighted by atomic mass is 10.2. The number of aromatic hydroxyl groups is 2. The van der Waals surface area contributed by atoms with Crippen LogP contribution in [-0.2, 0) is 13.6 Å². The Morgan fingerprint density at radius 2 is 2.06 bits per heavy atom. The van der Waals surface area contributed by atoms with E-state index in [1.54, 1.807) is 16.7 Å². The minimum atomic E-state index is -0.126. The molecule has 0 amide bonds. The molecule has 0 spiro atoms. The fourth-order valence-corrected chi connectivity index (χ4v) is 1.46.